The smallest absolute Gasteiger partial charge is 0.258 e. The van der Waals surface area contributed by atoms with Gasteiger partial charge in [0.2, 0.25) is 0 Å². The molecular formula is C13H14ClNO2. The largest absolute Gasteiger partial charge is 0.484 e. The summed E-state index contributed by atoms with van der Waals surface area (Å²) in [6.07, 6.45) is 5.84. The van der Waals surface area contributed by atoms with Crippen LogP contribution in [0, 0.1) is 12.3 Å². The maximum absolute atomic E-state index is 11.2. The summed E-state index contributed by atoms with van der Waals surface area (Å²) in [7, 11) is 0. The molecule has 0 spiro atoms. The van der Waals surface area contributed by atoms with Crippen LogP contribution in [0.25, 0.3) is 0 Å². The molecule has 1 amide bonds. The molecule has 0 saturated heterocycles. The summed E-state index contributed by atoms with van der Waals surface area (Å²) in [5.41, 5.74) is 0.994. The van der Waals surface area contributed by atoms with Crippen molar-refractivity contribution < 1.29 is 9.53 Å². The summed E-state index contributed by atoms with van der Waals surface area (Å²) < 4.78 is 5.32. The van der Waals surface area contributed by atoms with E-state index in [0.29, 0.717) is 10.8 Å². The average Bonchev–Trinajstić information content (AvgIpc) is 2.35. The number of benzene rings is 1. The second kappa shape index (κ2) is 6.82. The van der Waals surface area contributed by atoms with Crippen LogP contribution in [0.4, 0.5) is 0 Å². The van der Waals surface area contributed by atoms with Crippen molar-refractivity contribution in [3.63, 3.8) is 0 Å². The minimum Gasteiger partial charge on any atom is -0.484 e. The molecule has 90 valence electrons. The average molecular weight is 252 g/mol. The molecule has 1 rings (SSSR count). The molecule has 1 aromatic carbocycles. The lowest BCUT2D eigenvalue weighted by atomic mass is 10.1. The van der Waals surface area contributed by atoms with Crippen molar-refractivity contribution in [2.45, 2.75) is 13.3 Å². The van der Waals surface area contributed by atoms with Crippen molar-refractivity contribution in [2.75, 3.05) is 13.2 Å². The lowest BCUT2D eigenvalue weighted by molar-refractivity contribution is -0.122. The molecule has 0 heterocycles. The molecule has 0 aliphatic heterocycles. The van der Waals surface area contributed by atoms with Crippen LogP contribution < -0.4 is 10.1 Å². The minimum absolute atomic E-state index is 0.0491. The Balaban J connectivity index is 2.52. The van der Waals surface area contributed by atoms with Crippen LogP contribution >= 0.6 is 11.6 Å². The molecular weight excluding hydrogens is 238 g/mol. The van der Waals surface area contributed by atoms with E-state index in [9.17, 15) is 4.79 Å². The third kappa shape index (κ3) is 4.38. The Kier molecular flexibility index (Phi) is 5.38. The monoisotopic (exact) mass is 251 g/mol. The third-order valence-corrected chi connectivity index (χ3v) is 2.52. The van der Waals surface area contributed by atoms with Crippen molar-refractivity contribution in [3.05, 3.63) is 28.8 Å². The Morgan fingerprint density at radius 1 is 1.59 bits per heavy atom. The van der Waals surface area contributed by atoms with E-state index >= 15 is 0 Å². The molecule has 17 heavy (non-hydrogen) atoms. The number of hydrogen-bond donors (Lipinski definition) is 1. The fourth-order valence-corrected chi connectivity index (χ4v) is 1.51. The maximum atomic E-state index is 11.2. The lowest BCUT2D eigenvalue weighted by Crippen LogP contribution is -2.29. The molecule has 0 atom stereocenters. The SMILES string of the molecule is C#CCNC(=O)COc1ccc(Cl)c(CC)c1. The van der Waals surface area contributed by atoms with Gasteiger partial charge < -0.3 is 10.1 Å². The predicted octanol–water partition coefficient (Wildman–Crippen LogP) is 2.03. The summed E-state index contributed by atoms with van der Waals surface area (Å²) in [4.78, 5) is 11.2. The van der Waals surface area contributed by atoms with Crippen LogP contribution in [0.5, 0.6) is 5.75 Å². The Hall–Kier alpha value is -1.66. The van der Waals surface area contributed by atoms with Crippen LogP contribution in [-0.2, 0) is 11.2 Å². The van der Waals surface area contributed by atoms with Gasteiger partial charge in [-0.2, -0.15) is 0 Å². The molecule has 0 aromatic heterocycles. The van der Waals surface area contributed by atoms with Crippen molar-refractivity contribution in [2.24, 2.45) is 0 Å². The highest BCUT2D eigenvalue weighted by Gasteiger charge is 2.04. The number of hydrogen-bond acceptors (Lipinski definition) is 2. The van der Waals surface area contributed by atoms with E-state index in [4.69, 9.17) is 22.8 Å². The molecule has 0 radical (unpaired) electrons. The number of rotatable bonds is 5. The van der Waals surface area contributed by atoms with Crippen molar-refractivity contribution in [1.82, 2.24) is 5.32 Å². The van der Waals surface area contributed by atoms with E-state index in [2.05, 4.69) is 11.2 Å². The van der Waals surface area contributed by atoms with Gasteiger partial charge in [-0.3, -0.25) is 4.79 Å². The van der Waals surface area contributed by atoms with E-state index < -0.39 is 0 Å². The molecule has 0 unspecified atom stereocenters. The molecule has 0 fully saturated rings. The zero-order chi connectivity index (χ0) is 12.7. The highest BCUT2D eigenvalue weighted by molar-refractivity contribution is 6.31. The number of aryl methyl sites for hydroxylation is 1. The summed E-state index contributed by atoms with van der Waals surface area (Å²) in [5, 5.41) is 3.22. The van der Waals surface area contributed by atoms with E-state index in [1.807, 2.05) is 13.0 Å². The second-order valence-corrected chi connectivity index (χ2v) is 3.78. The zero-order valence-electron chi connectivity index (χ0n) is 9.63. The molecule has 1 N–H and O–H groups in total. The molecule has 3 nitrogen and oxygen atoms in total. The number of carbonyl (C=O) groups is 1. The van der Waals surface area contributed by atoms with Crippen LogP contribution in [0.2, 0.25) is 5.02 Å². The van der Waals surface area contributed by atoms with E-state index in [1.165, 1.54) is 0 Å². The van der Waals surface area contributed by atoms with Crippen LogP contribution in [0.3, 0.4) is 0 Å². The van der Waals surface area contributed by atoms with Crippen molar-refractivity contribution >= 4 is 17.5 Å². The van der Waals surface area contributed by atoms with Gasteiger partial charge in [-0.05, 0) is 30.2 Å². The highest BCUT2D eigenvalue weighted by Crippen LogP contribution is 2.22. The van der Waals surface area contributed by atoms with E-state index in [1.54, 1.807) is 12.1 Å². The Bertz CT molecular complexity index is 438. The van der Waals surface area contributed by atoms with Crippen LogP contribution in [-0.4, -0.2) is 19.1 Å². The van der Waals surface area contributed by atoms with E-state index in [-0.39, 0.29) is 19.1 Å². The first-order valence-electron chi connectivity index (χ1n) is 5.28. The topological polar surface area (TPSA) is 38.3 Å². The van der Waals surface area contributed by atoms with Gasteiger partial charge in [0.25, 0.3) is 5.91 Å². The lowest BCUT2D eigenvalue weighted by Gasteiger charge is -2.08. The Morgan fingerprint density at radius 2 is 2.35 bits per heavy atom. The first kappa shape index (κ1) is 13.4. The number of carbonyl (C=O) groups excluding carboxylic acids is 1. The Labute approximate surface area is 106 Å². The quantitative estimate of drug-likeness (QED) is 0.814. The summed E-state index contributed by atoms with van der Waals surface area (Å²) in [6.45, 7) is 2.17. The number of amides is 1. The molecule has 0 bridgehead atoms. The normalized spacial score (nSPS) is 9.47. The highest BCUT2D eigenvalue weighted by atomic mass is 35.5. The van der Waals surface area contributed by atoms with Gasteiger partial charge in [0, 0.05) is 5.02 Å². The molecule has 4 heteroatoms. The molecule has 0 aliphatic carbocycles. The minimum atomic E-state index is -0.240. The van der Waals surface area contributed by atoms with Gasteiger partial charge in [0.05, 0.1) is 6.54 Å². The van der Waals surface area contributed by atoms with Gasteiger partial charge in [0.15, 0.2) is 6.61 Å². The maximum Gasteiger partial charge on any atom is 0.258 e. The summed E-state index contributed by atoms with van der Waals surface area (Å²) in [6, 6.07) is 5.32. The molecule has 0 saturated carbocycles. The van der Waals surface area contributed by atoms with Gasteiger partial charge in [-0.25, -0.2) is 0 Å². The first-order chi connectivity index (χ1) is 8.17. The standard InChI is InChI=1S/C13H14ClNO2/c1-3-7-15-13(16)9-17-11-5-6-12(14)10(4-2)8-11/h1,5-6,8H,4,7,9H2,2H3,(H,15,16). The van der Waals surface area contributed by atoms with Gasteiger partial charge >= 0.3 is 0 Å². The molecule has 0 aliphatic rings. The van der Waals surface area contributed by atoms with Crippen molar-refractivity contribution in [3.8, 4) is 18.1 Å². The third-order valence-electron chi connectivity index (χ3n) is 2.16. The number of terminal acetylenes is 1. The van der Waals surface area contributed by atoms with E-state index in [0.717, 1.165) is 12.0 Å². The number of nitrogens with one attached hydrogen (secondary N) is 1. The zero-order valence-corrected chi connectivity index (χ0v) is 10.4. The molecule has 1 aromatic rings. The first-order valence-corrected chi connectivity index (χ1v) is 5.66. The summed E-state index contributed by atoms with van der Waals surface area (Å²) in [5.74, 6) is 2.70. The predicted molar refractivity (Wildman–Crippen MR) is 68.2 cm³/mol. The van der Waals surface area contributed by atoms with Gasteiger partial charge in [-0.15, -0.1) is 6.42 Å². The Morgan fingerprint density at radius 3 is 3.00 bits per heavy atom. The fourth-order valence-electron chi connectivity index (χ4n) is 1.26. The summed E-state index contributed by atoms with van der Waals surface area (Å²) >= 11 is 5.97. The second-order valence-electron chi connectivity index (χ2n) is 3.38. The van der Waals surface area contributed by atoms with Gasteiger partial charge in [0.1, 0.15) is 5.75 Å². The van der Waals surface area contributed by atoms with Crippen LogP contribution in [0.15, 0.2) is 18.2 Å². The van der Waals surface area contributed by atoms with Crippen molar-refractivity contribution in [1.29, 1.82) is 0 Å². The number of halogens is 1. The van der Waals surface area contributed by atoms with Crippen LogP contribution in [0.1, 0.15) is 12.5 Å². The van der Waals surface area contributed by atoms with Gasteiger partial charge in [-0.1, -0.05) is 24.4 Å². The fraction of sp³-hybridized carbons (Fsp3) is 0.308. The number of ether oxygens (including phenoxy) is 1.